The fourth-order valence-corrected chi connectivity index (χ4v) is 2.19. The Labute approximate surface area is 107 Å². The van der Waals surface area contributed by atoms with Crippen molar-refractivity contribution in [1.29, 1.82) is 0 Å². The van der Waals surface area contributed by atoms with E-state index in [4.69, 9.17) is 4.74 Å². The van der Waals surface area contributed by atoms with Crippen molar-refractivity contribution < 1.29 is 4.74 Å². The molecule has 0 aliphatic carbocycles. The van der Waals surface area contributed by atoms with Crippen molar-refractivity contribution in [3.05, 3.63) is 22.7 Å². The van der Waals surface area contributed by atoms with Crippen LogP contribution in [0.4, 0.5) is 0 Å². The van der Waals surface area contributed by atoms with E-state index in [2.05, 4.69) is 10.3 Å². The van der Waals surface area contributed by atoms with Gasteiger partial charge < -0.3 is 14.6 Å². The highest BCUT2D eigenvalue weighted by Crippen LogP contribution is 2.12. The van der Waals surface area contributed by atoms with E-state index in [1.54, 1.807) is 17.0 Å². The lowest BCUT2D eigenvalue weighted by molar-refractivity contribution is 0.267. The molecule has 0 radical (unpaired) electrons. The van der Waals surface area contributed by atoms with Gasteiger partial charge in [-0.3, -0.25) is 4.79 Å². The quantitative estimate of drug-likeness (QED) is 0.854. The van der Waals surface area contributed by atoms with Gasteiger partial charge in [-0.1, -0.05) is 0 Å². The summed E-state index contributed by atoms with van der Waals surface area (Å²) >= 11 is 0. The molecule has 0 saturated carbocycles. The second kappa shape index (κ2) is 6.00. The summed E-state index contributed by atoms with van der Waals surface area (Å²) in [4.78, 5) is 16.0. The van der Waals surface area contributed by atoms with Gasteiger partial charge in [0.05, 0.1) is 6.61 Å². The van der Waals surface area contributed by atoms with Crippen molar-refractivity contribution in [2.24, 2.45) is 5.92 Å². The SMILES string of the molecule is CC(C)n1ccnc(OCCC2CCNC2)c1=O. The second-order valence-corrected chi connectivity index (χ2v) is 5.03. The molecule has 5 heteroatoms. The molecule has 1 saturated heterocycles. The molecule has 0 spiro atoms. The van der Waals surface area contributed by atoms with Crippen LogP contribution in [0.1, 0.15) is 32.7 Å². The van der Waals surface area contributed by atoms with Gasteiger partial charge in [0.2, 0.25) is 0 Å². The van der Waals surface area contributed by atoms with Gasteiger partial charge in [0.15, 0.2) is 0 Å². The standard InChI is InChI=1S/C13H21N3O2/c1-10(2)16-7-6-15-12(13(16)17)18-8-4-11-3-5-14-9-11/h6-7,10-11,14H,3-5,8-9H2,1-2H3. The number of hydrogen-bond donors (Lipinski definition) is 1. The van der Waals surface area contributed by atoms with Crippen LogP contribution in [0.3, 0.4) is 0 Å². The number of aromatic nitrogens is 2. The first-order chi connectivity index (χ1) is 8.68. The van der Waals surface area contributed by atoms with Crippen molar-refractivity contribution in [3.8, 4) is 5.88 Å². The molecule has 1 aliphatic rings. The Bertz CT molecular complexity index is 436. The van der Waals surface area contributed by atoms with Crippen molar-refractivity contribution in [1.82, 2.24) is 14.9 Å². The Morgan fingerprint density at radius 1 is 1.61 bits per heavy atom. The van der Waals surface area contributed by atoms with Gasteiger partial charge in [0.25, 0.3) is 5.88 Å². The molecule has 100 valence electrons. The molecule has 1 fully saturated rings. The summed E-state index contributed by atoms with van der Waals surface area (Å²) in [6.07, 6.45) is 5.49. The normalized spacial score (nSPS) is 19.4. The minimum absolute atomic E-state index is 0.127. The van der Waals surface area contributed by atoms with Gasteiger partial charge in [-0.05, 0) is 45.7 Å². The van der Waals surface area contributed by atoms with Crippen LogP contribution in [0.15, 0.2) is 17.2 Å². The molecule has 1 unspecified atom stereocenters. The molecule has 2 heterocycles. The Hall–Kier alpha value is -1.36. The maximum atomic E-state index is 12.0. The first-order valence-electron chi connectivity index (χ1n) is 6.59. The number of nitrogens with one attached hydrogen (secondary N) is 1. The maximum absolute atomic E-state index is 12.0. The van der Waals surface area contributed by atoms with E-state index < -0.39 is 0 Å². The molecule has 1 aromatic rings. The first-order valence-corrected chi connectivity index (χ1v) is 6.59. The van der Waals surface area contributed by atoms with Gasteiger partial charge in [-0.25, -0.2) is 4.98 Å². The van der Waals surface area contributed by atoms with E-state index in [1.807, 2.05) is 13.8 Å². The number of hydrogen-bond acceptors (Lipinski definition) is 4. The van der Waals surface area contributed by atoms with Crippen molar-refractivity contribution >= 4 is 0 Å². The first kappa shape index (κ1) is 13.1. The summed E-state index contributed by atoms with van der Waals surface area (Å²) in [5, 5.41) is 3.32. The molecule has 5 nitrogen and oxygen atoms in total. The molecular weight excluding hydrogens is 230 g/mol. The van der Waals surface area contributed by atoms with E-state index >= 15 is 0 Å². The summed E-state index contributed by atoms with van der Waals surface area (Å²) in [7, 11) is 0. The highest BCUT2D eigenvalue weighted by atomic mass is 16.5. The fourth-order valence-electron chi connectivity index (χ4n) is 2.19. The highest BCUT2D eigenvalue weighted by Gasteiger charge is 2.15. The third-order valence-electron chi connectivity index (χ3n) is 3.32. The third kappa shape index (κ3) is 3.10. The molecule has 1 aromatic heterocycles. The smallest absolute Gasteiger partial charge is 0.313 e. The van der Waals surface area contributed by atoms with Gasteiger partial charge in [0, 0.05) is 18.4 Å². The summed E-state index contributed by atoms with van der Waals surface area (Å²) in [5.41, 5.74) is -0.142. The van der Waals surface area contributed by atoms with Crippen LogP contribution in [-0.4, -0.2) is 29.2 Å². The van der Waals surface area contributed by atoms with Gasteiger partial charge in [-0.15, -0.1) is 0 Å². The van der Waals surface area contributed by atoms with Crippen LogP contribution in [0.2, 0.25) is 0 Å². The Morgan fingerprint density at radius 2 is 2.44 bits per heavy atom. The predicted molar refractivity (Wildman–Crippen MR) is 70.0 cm³/mol. The largest absolute Gasteiger partial charge is 0.474 e. The van der Waals surface area contributed by atoms with Crippen LogP contribution >= 0.6 is 0 Å². The molecule has 18 heavy (non-hydrogen) atoms. The Kier molecular flexibility index (Phi) is 4.36. The lowest BCUT2D eigenvalue weighted by Crippen LogP contribution is -2.24. The van der Waals surface area contributed by atoms with Crippen LogP contribution in [0, 0.1) is 5.92 Å². The van der Waals surface area contributed by atoms with E-state index in [-0.39, 0.29) is 17.5 Å². The lowest BCUT2D eigenvalue weighted by atomic mass is 10.1. The predicted octanol–water partition coefficient (Wildman–Crippen LogP) is 1.20. The average molecular weight is 251 g/mol. The summed E-state index contributed by atoms with van der Waals surface area (Å²) in [6, 6.07) is 0.127. The number of rotatable bonds is 5. The fraction of sp³-hybridized carbons (Fsp3) is 0.692. The van der Waals surface area contributed by atoms with Crippen molar-refractivity contribution in [2.45, 2.75) is 32.7 Å². The molecule has 0 aromatic carbocycles. The topological polar surface area (TPSA) is 56.1 Å². The van der Waals surface area contributed by atoms with E-state index in [0.717, 1.165) is 19.5 Å². The van der Waals surface area contributed by atoms with Crippen LogP contribution in [0.5, 0.6) is 5.88 Å². The molecule has 1 aliphatic heterocycles. The van der Waals surface area contributed by atoms with E-state index in [1.165, 1.54) is 6.42 Å². The molecule has 2 rings (SSSR count). The van der Waals surface area contributed by atoms with E-state index in [9.17, 15) is 4.79 Å². The zero-order valence-electron chi connectivity index (χ0n) is 11.1. The minimum Gasteiger partial charge on any atom is -0.474 e. The molecule has 0 bridgehead atoms. The zero-order valence-corrected chi connectivity index (χ0v) is 11.1. The van der Waals surface area contributed by atoms with Crippen LogP contribution in [-0.2, 0) is 0 Å². The zero-order chi connectivity index (χ0) is 13.0. The van der Waals surface area contributed by atoms with Gasteiger partial charge in [0.1, 0.15) is 0 Å². The summed E-state index contributed by atoms with van der Waals surface area (Å²) in [6.45, 7) is 6.65. The molecule has 0 amide bonds. The maximum Gasteiger partial charge on any atom is 0.313 e. The van der Waals surface area contributed by atoms with Crippen molar-refractivity contribution in [2.75, 3.05) is 19.7 Å². The Morgan fingerprint density at radius 3 is 3.11 bits per heavy atom. The average Bonchev–Trinajstić information content (AvgIpc) is 2.84. The number of nitrogens with zero attached hydrogens (tertiary/aromatic N) is 2. The highest BCUT2D eigenvalue weighted by molar-refractivity contribution is 5.05. The number of ether oxygens (including phenoxy) is 1. The summed E-state index contributed by atoms with van der Waals surface area (Å²) < 4.78 is 7.16. The van der Waals surface area contributed by atoms with Crippen molar-refractivity contribution in [3.63, 3.8) is 0 Å². The van der Waals surface area contributed by atoms with E-state index in [0.29, 0.717) is 12.5 Å². The minimum atomic E-state index is -0.142. The molecule has 1 atom stereocenters. The third-order valence-corrected chi connectivity index (χ3v) is 3.32. The summed E-state index contributed by atoms with van der Waals surface area (Å²) in [5.74, 6) is 0.887. The molecule has 1 N–H and O–H groups in total. The monoisotopic (exact) mass is 251 g/mol. The lowest BCUT2D eigenvalue weighted by Gasteiger charge is -2.12. The van der Waals surface area contributed by atoms with Gasteiger partial charge >= 0.3 is 5.56 Å². The van der Waals surface area contributed by atoms with Gasteiger partial charge in [-0.2, -0.15) is 0 Å². The molecular formula is C13H21N3O2. The second-order valence-electron chi connectivity index (χ2n) is 5.03. The van der Waals surface area contributed by atoms with Crippen LogP contribution in [0.25, 0.3) is 0 Å². The Balaban J connectivity index is 1.92. The van der Waals surface area contributed by atoms with Crippen LogP contribution < -0.4 is 15.6 Å².